The number of Topliss-reactive ketones (excluding diaryl/α,β-unsaturated/α-hetero) is 1. The van der Waals surface area contributed by atoms with Crippen LogP contribution in [0.1, 0.15) is 147 Å². The average molecular weight is 2030 g/mol. The zero-order valence-corrected chi connectivity index (χ0v) is 80.5. The molecule has 0 spiro atoms. The van der Waals surface area contributed by atoms with Crippen LogP contribution in [0.3, 0.4) is 0 Å². The van der Waals surface area contributed by atoms with Gasteiger partial charge in [-0.05, 0) is 152 Å². The molecule has 10 rings (SSSR count). The van der Waals surface area contributed by atoms with Crippen molar-refractivity contribution in [3.8, 4) is 28.2 Å². The first kappa shape index (κ1) is 107. The van der Waals surface area contributed by atoms with Gasteiger partial charge in [0.2, 0.25) is 65.0 Å². The number of anilines is 1. The lowest BCUT2D eigenvalue weighted by molar-refractivity contribution is -0.142. The van der Waals surface area contributed by atoms with E-state index in [0.717, 1.165) is 16.4 Å². The number of nitrogens with two attached hydrogens (primary N) is 1. The number of imidazole rings is 2. The third-order valence-corrected chi connectivity index (χ3v) is 26.5. The minimum absolute atomic E-state index is 0.0256. The number of nitrogens with one attached hydrogen (secondary N) is 14. The molecule has 40 nitrogen and oxygen atoms in total. The highest BCUT2D eigenvalue weighted by molar-refractivity contribution is 14.1. The van der Waals surface area contributed by atoms with Gasteiger partial charge in [-0.15, -0.1) is 0 Å². The van der Waals surface area contributed by atoms with Crippen LogP contribution in [-0.2, 0) is 81.6 Å². The molecule has 5 heterocycles. The normalized spacial score (nSPS) is 20.1. The first-order valence-corrected chi connectivity index (χ1v) is 48.3. The van der Waals surface area contributed by atoms with E-state index < -0.39 is 180 Å². The van der Waals surface area contributed by atoms with Crippen LogP contribution in [0.4, 0.5) is 10.5 Å². The Kier molecular flexibility index (Phi) is 40.3. The molecule has 0 radical (unpaired) electrons. The standard InChI is InChI=1S/C50H75IN10O13S2.C43H44N8O9/c1-9-26(6)42(49(73)54-33(28(8)62)12-24(2)3)60-46(70)36(16-30-19-52-23-53-30)56-47(71)38-22-76-75-21-27(7)50(74)61-20-31(63)17-39(61)48(72)58-35(15-29-10-11-40(64)32(51)14-29)44(68)57-37(18-41(65)66)45(69)55-34(13-25(4)5)43(67)59-38;1-45-40(55)34(23-37-46-17-18-47-37)51-41(56)33(19-24-7-3-2-4-8-24)50-39(54)32(44)9-5-6-16-48-43(59)49-25-10-13-28(31(20-25)42(57)58)38-29-14-11-26(52)21-35(29)60-36-22-27(53)12-15-30(36)38/h11,14,19,23-27,29,31,33-39,42,63-64H,9-10,12-13,15-18,20-22H2,1-8H3,(H,52,53)(H,54,73)(H,55,69)(H,56,71)(H,57,68)(H,58,72)(H,59,67)(H,60,70)(H,65,66);2-4,7-8,10-15,17-18,20-22,32-34,52H,5-6,9,16,19,23,44H2,1H3,(H,45,55)(H,46,47)(H,50,54)(H,51,56)(H,57,58)(H2,48,49,59)/t26?,27-,29?,31?,33-,34-,35-,36-,37-,38-,39-,42-;32-,33+,34+/m01/s1. The largest absolute Gasteiger partial charge is 0.508 e. The Hall–Kier alpha value is -12.8. The van der Waals surface area contributed by atoms with Crippen molar-refractivity contribution in [3.63, 3.8) is 0 Å². The van der Waals surface area contributed by atoms with Crippen LogP contribution in [0.2, 0.25) is 0 Å². The second-order valence-corrected chi connectivity index (χ2v) is 38.4. The molecule has 2 fully saturated rings. The lowest BCUT2D eigenvalue weighted by Crippen LogP contribution is -2.61. The second kappa shape index (κ2) is 51.3. The van der Waals surface area contributed by atoms with Crippen LogP contribution in [0.5, 0.6) is 5.75 Å². The number of aromatic amines is 2. The summed E-state index contributed by atoms with van der Waals surface area (Å²) in [7, 11) is 3.74. The summed E-state index contributed by atoms with van der Waals surface area (Å²) in [4.78, 5) is 231. The lowest BCUT2D eigenvalue weighted by Gasteiger charge is -2.30. The zero-order chi connectivity index (χ0) is 99.3. The summed E-state index contributed by atoms with van der Waals surface area (Å²) in [5.74, 6) is -12.1. The van der Waals surface area contributed by atoms with E-state index in [1.165, 1.54) is 78.7 Å². The van der Waals surface area contributed by atoms with Crippen LogP contribution >= 0.6 is 44.2 Å². The van der Waals surface area contributed by atoms with Crippen molar-refractivity contribution in [2.45, 2.75) is 211 Å². The number of phenolic OH excluding ortho intramolecular Hbond substituents is 1. The van der Waals surface area contributed by atoms with E-state index in [1.807, 2.05) is 73.7 Å². The Bertz CT molecular complexity index is 5510. The molecule has 5 aromatic rings. The third-order valence-electron chi connectivity index (χ3n) is 23.0. The first-order valence-electron chi connectivity index (χ1n) is 44.7. The Labute approximate surface area is 805 Å². The number of amides is 13. The van der Waals surface area contributed by atoms with E-state index in [4.69, 9.17) is 10.2 Å². The van der Waals surface area contributed by atoms with Crippen LogP contribution in [-0.4, -0.2) is 243 Å². The summed E-state index contributed by atoms with van der Waals surface area (Å²) in [6, 6.07) is 7.95. The number of nitrogens with zero attached hydrogens (tertiary/aromatic N) is 3. The number of likely N-dealkylation sites (N-methyl/N-ethyl adjacent to an activating group) is 1. The lowest BCUT2D eigenvalue weighted by atomic mass is 9.90. The Morgan fingerprint density at radius 3 is 2.04 bits per heavy atom. The van der Waals surface area contributed by atoms with Gasteiger partial charge in [0.25, 0.3) is 0 Å². The fourth-order valence-corrected chi connectivity index (χ4v) is 18.8. The number of aromatic hydroxyl groups is 1. The summed E-state index contributed by atoms with van der Waals surface area (Å²) >= 11 is 1.92. The number of aliphatic carboxylic acids is 1. The number of aromatic carboxylic acids is 1. The maximum atomic E-state index is 14.6. The minimum Gasteiger partial charge on any atom is -0.508 e. The Balaban J connectivity index is 0.000000313. The van der Waals surface area contributed by atoms with Crippen molar-refractivity contribution in [3.05, 3.63) is 164 Å². The number of allylic oxidation sites excluding steroid dienone is 3. The molecule has 732 valence electrons. The number of benzene rings is 4. The third kappa shape index (κ3) is 31.4. The van der Waals surface area contributed by atoms with Crippen LogP contribution in [0.15, 0.2) is 141 Å². The number of aliphatic hydroxyl groups excluding tert-OH is 2. The quantitative estimate of drug-likeness (QED) is 0.0103. The molecule has 0 bridgehead atoms. The SMILES string of the molecule is CCC(C)[C@H](NC(=O)[C@H](Cc1cnc[nH]1)NC(=O)[C@@H]1CSSC[C@H](C)C(=O)N2CC(O)C[C@H]2C(=O)N[C@@H](CC2C=C(I)C(O)=CC2)C(=O)N[C@@H](CC(=O)O)C(=O)N[C@@H](CC(C)C)C(=O)N1)C(=O)N[C@@H](CC(C)C)C(C)=O.CNC(=O)[C@H](Cc1ncc[nH]1)NC(=O)[C@H](Cc1ccccc1)NC(=O)[C@H](N)CCCCNC(=O)Nc1ccc(-c2c3ccc(=O)cc-3oc3cc(O)ccc23)c(C(=O)O)c1. The minimum atomic E-state index is -1.80. The highest BCUT2D eigenvalue weighted by Crippen LogP contribution is 2.43. The number of urea groups is 1. The summed E-state index contributed by atoms with van der Waals surface area (Å²) in [6.07, 6.45) is 9.23. The van der Waals surface area contributed by atoms with Gasteiger partial charge in [0, 0.05) is 122 Å². The number of hydrogen-bond donors (Lipinski definition) is 20. The van der Waals surface area contributed by atoms with E-state index in [1.54, 1.807) is 70.3 Å². The van der Waals surface area contributed by atoms with Gasteiger partial charge >= 0.3 is 18.0 Å². The summed E-state index contributed by atoms with van der Waals surface area (Å²) in [5.41, 5.74) is 8.71. The van der Waals surface area contributed by atoms with Gasteiger partial charge in [-0.2, -0.15) is 0 Å². The van der Waals surface area contributed by atoms with Crippen molar-refractivity contribution in [1.82, 2.24) is 83.3 Å². The molecular weight excluding hydrogens is 1910 g/mol. The van der Waals surface area contributed by atoms with Gasteiger partial charge in [0.05, 0.1) is 40.1 Å². The molecular formula is C93H119IN18O22S2. The number of aliphatic hydroxyl groups is 2. The number of carboxylic acid groups (broad SMARTS) is 2. The second-order valence-electron chi connectivity index (χ2n) is 34.7. The van der Waals surface area contributed by atoms with Crippen molar-refractivity contribution in [1.29, 1.82) is 0 Å². The van der Waals surface area contributed by atoms with Gasteiger partial charge < -0.3 is 114 Å². The molecule has 43 heteroatoms. The summed E-state index contributed by atoms with van der Waals surface area (Å²) in [6.45, 7) is 13.9. The molecule has 21 N–H and O–H groups in total. The molecule has 3 unspecified atom stereocenters. The Morgan fingerprint density at radius 2 is 1.38 bits per heavy atom. The molecule has 0 saturated carbocycles. The van der Waals surface area contributed by atoms with E-state index in [-0.39, 0.29) is 133 Å². The number of phenols is 1. The van der Waals surface area contributed by atoms with E-state index in [2.05, 4.69) is 83.7 Å². The van der Waals surface area contributed by atoms with Crippen LogP contribution in [0.25, 0.3) is 33.4 Å². The number of aromatic nitrogens is 4. The highest BCUT2D eigenvalue weighted by Gasteiger charge is 2.44. The topological polar surface area (TPSA) is 618 Å². The molecule has 136 heavy (non-hydrogen) atoms. The molecule has 3 aromatic carbocycles. The molecule has 5 aliphatic rings. The molecule has 2 aromatic heterocycles. The predicted molar refractivity (Wildman–Crippen MR) is 515 cm³/mol. The highest BCUT2D eigenvalue weighted by atomic mass is 127. The number of unbranched alkanes of at least 4 members (excludes halogenated alkanes) is 1. The maximum absolute atomic E-state index is 14.6. The van der Waals surface area contributed by atoms with Gasteiger partial charge in [0.1, 0.15) is 83.1 Å². The number of hydrogen-bond acceptors (Lipinski definition) is 25. The van der Waals surface area contributed by atoms with Crippen molar-refractivity contribution in [2.24, 2.45) is 35.3 Å². The fraction of sp³-hybridized carbons (Fsp3) is 0.462. The number of H-pyrrole nitrogens is 2. The smallest absolute Gasteiger partial charge is 0.336 e. The number of halogens is 1. The van der Waals surface area contributed by atoms with Gasteiger partial charge in [-0.3, -0.25) is 67.1 Å². The average Bonchev–Trinajstić information content (AvgIpc) is 1.59. The number of carboxylic acids is 2. The molecule has 15 atom stereocenters. The monoisotopic (exact) mass is 2030 g/mol. The van der Waals surface area contributed by atoms with Gasteiger partial charge in [0.15, 0.2) is 11.2 Å². The Morgan fingerprint density at radius 1 is 0.706 bits per heavy atom. The number of ketones is 1. The molecule has 2 aliphatic carbocycles. The van der Waals surface area contributed by atoms with E-state index in [0.29, 0.717) is 62.9 Å². The fourth-order valence-electron chi connectivity index (χ4n) is 15.6. The van der Waals surface area contributed by atoms with E-state index >= 15 is 0 Å². The molecule has 3 aliphatic heterocycles. The van der Waals surface area contributed by atoms with Crippen LogP contribution < -0.4 is 75.0 Å². The van der Waals surface area contributed by atoms with Crippen molar-refractivity contribution in [2.75, 3.05) is 37.0 Å². The zero-order valence-electron chi connectivity index (χ0n) is 76.7. The van der Waals surface area contributed by atoms with Gasteiger partial charge in [-0.1, -0.05) is 119 Å². The number of carbonyl (C=O) groups is 15. The molecule has 13 amide bonds. The predicted octanol–water partition coefficient (Wildman–Crippen LogP) is 5.22. The van der Waals surface area contributed by atoms with Gasteiger partial charge in [-0.25, -0.2) is 19.6 Å². The summed E-state index contributed by atoms with van der Waals surface area (Å²) in [5, 5.41) is 83.9. The number of carbonyl (C=O) groups excluding carboxylic acids is 13. The van der Waals surface area contributed by atoms with Crippen molar-refractivity contribution >= 4 is 150 Å². The number of fused-ring (bicyclic) bond motifs is 3. The molecule has 2 saturated heterocycles. The maximum Gasteiger partial charge on any atom is 0.336 e. The number of rotatable bonds is 36. The van der Waals surface area contributed by atoms with Crippen molar-refractivity contribution < 1.29 is 102 Å². The first-order chi connectivity index (χ1) is 64.7. The van der Waals surface area contributed by atoms with Crippen LogP contribution in [0, 0.1) is 29.6 Å². The summed E-state index contributed by atoms with van der Waals surface area (Å²) < 4.78 is 6.36. The van der Waals surface area contributed by atoms with E-state index in [9.17, 15) is 102 Å².